The number of likely N-dealkylation sites (N-methyl/N-ethyl adjacent to an activating group) is 1. The number of nitrogens with two attached hydrogens (primary N) is 2. The number of aliphatic hydroxyl groups excluding tert-OH is 3. The summed E-state index contributed by atoms with van der Waals surface area (Å²) in [5.41, 5.74) is 12.2. The lowest BCUT2D eigenvalue weighted by atomic mass is 9.90. The van der Waals surface area contributed by atoms with Gasteiger partial charge in [-0.2, -0.15) is 0 Å². The Bertz CT molecular complexity index is 655. The topological polar surface area (TPSA) is 171 Å². The van der Waals surface area contributed by atoms with Crippen molar-refractivity contribution in [3.05, 3.63) is 12.2 Å². The van der Waals surface area contributed by atoms with Crippen molar-refractivity contribution < 1.29 is 39.0 Å². The average molecular weight is 460 g/mol. The molecule has 11 heteroatoms. The highest BCUT2D eigenvalue weighted by molar-refractivity contribution is 5.00. The second-order valence-electron chi connectivity index (χ2n) is 9.15. The zero-order valence-corrected chi connectivity index (χ0v) is 18.5. The van der Waals surface area contributed by atoms with E-state index in [1.54, 1.807) is 14.0 Å². The van der Waals surface area contributed by atoms with Gasteiger partial charge in [0.2, 0.25) is 0 Å². The van der Waals surface area contributed by atoms with Crippen LogP contribution in [0.25, 0.3) is 0 Å². The van der Waals surface area contributed by atoms with Crippen molar-refractivity contribution in [2.45, 2.75) is 112 Å². The van der Waals surface area contributed by atoms with Gasteiger partial charge in [-0.25, -0.2) is 0 Å². The predicted molar refractivity (Wildman–Crippen MR) is 112 cm³/mol. The third kappa shape index (κ3) is 4.89. The van der Waals surface area contributed by atoms with Gasteiger partial charge in [0.25, 0.3) is 0 Å². The van der Waals surface area contributed by atoms with Crippen LogP contribution >= 0.6 is 0 Å². The fourth-order valence-electron chi connectivity index (χ4n) is 4.83. The third-order valence-corrected chi connectivity index (χ3v) is 6.85. The van der Waals surface area contributed by atoms with Crippen molar-refractivity contribution in [3.8, 4) is 0 Å². The van der Waals surface area contributed by atoms with Gasteiger partial charge in [0.05, 0.1) is 36.4 Å². The number of ether oxygens (including phenoxy) is 5. The Hall–Kier alpha value is -0.700. The van der Waals surface area contributed by atoms with Crippen LogP contribution in [-0.4, -0.2) is 102 Å². The van der Waals surface area contributed by atoms with Gasteiger partial charge >= 0.3 is 0 Å². The van der Waals surface area contributed by atoms with Crippen molar-refractivity contribution in [2.75, 3.05) is 7.05 Å². The van der Waals surface area contributed by atoms with Crippen LogP contribution in [0.5, 0.6) is 0 Å². The normalized spacial score (nSPS) is 51.9. The number of nitrogens with one attached hydrogen (secondary N) is 1. The number of aliphatic hydroxyl groups is 3. The Labute approximate surface area is 188 Å². The molecule has 11 nitrogen and oxygen atoms in total. The minimum atomic E-state index is -1.36. The Morgan fingerprint density at radius 3 is 2.44 bits per heavy atom. The Morgan fingerprint density at radius 1 is 0.969 bits per heavy atom. The second-order valence-corrected chi connectivity index (χ2v) is 9.15. The van der Waals surface area contributed by atoms with E-state index in [1.165, 1.54) is 0 Å². The minimum absolute atomic E-state index is 0.0566. The molecule has 0 amide bonds. The second kappa shape index (κ2) is 10.3. The van der Waals surface area contributed by atoms with Crippen LogP contribution in [0.3, 0.4) is 0 Å². The summed E-state index contributed by atoms with van der Waals surface area (Å²) < 4.78 is 29.7. The molecule has 0 spiro atoms. The van der Waals surface area contributed by atoms with Crippen LogP contribution in [0.4, 0.5) is 0 Å². The molecule has 3 saturated heterocycles. The third-order valence-electron chi connectivity index (χ3n) is 6.85. The summed E-state index contributed by atoms with van der Waals surface area (Å²) in [6.45, 7) is 1.69. The molecule has 184 valence electrons. The highest BCUT2D eigenvalue weighted by atomic mass is 16.8. The molecule has 3 heterocycles. The van der Waals surface area contributed by atoms with Crippen molar-refractivity contribution >= 4 is 0 Å². The van der Waals surface area contributed by atoms with Crippen molar-refractivity contribution in [1.82, 2.24) is 5.32 Å². The first-order valence-corrected chi connectivity index (χ1v) is 11.5. The van der Waals surface area contributed by atoms with Crippen LogP contribution in [0.15, 0.2) is 12.2 Å². The summed E-state index contributed by atoms with van der Waals surface area (Å²) in [6.07, 6.45) is -0.642. The Balaban J connectivity index is 1.42. The minimum Gasteiger partial charge on any atom is -0.388 e. The van der Waals surface area contributed by atoms with Crippen LogP contribution in [0, 0.1) is 0 Å². The SMILES string of the molecule is CNC1C(O[C@H]2OC(C)[C@@H](N)[C@H](O)C2O)O[C@H]2C[C@H](N)[C@@H](O[C@H]3C=CCCC3)OC2C1O. The summed E-state index contributed by atoms with van der Waals surface area (Å²) in [5.74, 6) is 0. The molecular formula is C21H37N3O8. The summed E-state index contributed by atoms with van der Waals surface area (Å²) in [5, 5.41) is 34.6. The van der Waals surface area contributed by atoms with E-state index in [1.807, 2.05) is 6.08 Å². The maximum atomic E-state index is 11.1. The van der Waals surface area contributed by atoms with Crippen LogP contribution in [0.2, 0.25) is 0 Å². The molecule has 4 rings (SSSR count). The molecule has 13 atom stereocenters. The smallest absolute Gasteiger partial charge is 0.189 e. The number of fused-ring (bicyclic) bond motifs is 1. The monoisotopic (exact) mass is 459 g/mol. The molecule has 0 aromatic rings. The van der Waals surface area contributed by atoms with Gasteiger partial charge in [-0.15, -0.1) is 0 Å². The number of hydrogen-bond donors (Lipinski definition) is 6. The predicted octanol–water partition coefficient (Wildman–Crippen LogP) is -1.96. The van der Waals surface area contributed by atoms with Gasteiger partial charge < -0.3 is 55.8 Å². The molecule has 0 aromatic carbocycles. The first-order chi connectivity index (χ1) is 15.3. The highest BCUT2D eigenvalue weighted by Crippen LogP contribution is 2.34. The fraction of sp³-hybridized carbons (Fsp3) is 0.905. The van der Waals surface area contributed by atoms with E-state index < -0.39 is 73.6 Å². The van der Waals surface area contributed by atoms with E-state index in [9.17, 15) is 15.3 Å². The van der Waals surface area contributed by atoms with Crippen molar-refractivity contribution in [3.63, 3.8) is 0 Å². The van der Waals surface area contributed by atoms with Gasteiger partial charge in [-0.1, -0.05) is 12.2 Å². The van der Waals surface area contributed by atoms with Gasteiger partial charge in [0, 0.05) is 0 Å². The van der Waals surface area contributed by atoms with Gasteiger partial charge in [-0.05, 0) is 39.7 Å². The summed E-state index contributed by atoms with van der Waals surface area (Å²) in [7, 11) is 1.66. The van der Waals surface area contributed by atoms with E-state index in [0.29, 0.717) is 6.42 Å². The molecule has 32 heavy (non-hydrogen) atoms. The standard InChI is InChI=1S/C21H37N3O8/c1-9-13(23)15(25)17(27)21(28-9)32-20-14(24-2)16(26)18-12(30-20)8-11(22)19(31-18)29-10-6-4-3-5-7-10/h4,6,9-21,24-27H,3,5,7-8,22-23H2,1-2H3/t9?,10-,11-,12-,13+,14?,15-,16?,17?,18?,19-,20?,21+/m0/s1. The van der Waals surface area contributed by atoms with E-state index in [2.05, 4.69) is 11.4 Å². The highest BCUT2D eigenvalue weighted by Gasteiger charge is 2.53. The molecule has 0 saturated carbocycles. The Morgan fingerprint density at radius 2 is 1.75 bits per heavy atom. The number of allylic oxidation sites excluding steroid dienone is 1. The summed E-state index contributed by atoms with van der Waals surface area (Å²) in [4.78, 5) is 0. The zero-order chi connectivity index (χ0) is 23.0. The van der Waals surface area contributed by atoms with Crippen LogP contribution in [0.1, 0.15) is 32.6 Å². The van der Waals surface area contributed by atoms with E-state index in [-0.39, 0.29) is 6.10 Å². The molecular weight excluding hydrogens is 422 g/mol. The lowest BCUT2D eigenvalue weighted by Gasteiger charge is -2.50. The number of rotatable bonds is 5. The molecule has 8 N–H and O–H groups in total. The first kappa shape index (κ1) is 24.4. The lowest BCUT2D eigenvalue weighted by molar-refractivity contribution is -0.368. The maximum absolute atomic E-state index is 11.1. The number of hydrogen-bond acceptors (Lipinski definition) is 11. The fourth-order valence-corrected chi connectivity index (χ4v) is 4.83. The molecule has 4 aliphatic rings. The molecule has 0 radical (unpaired) electrons. The molecule has 0 aromatic heterocycles. The first-order valence-electron chi connectivity index (χ1n) is 11.5. The molecule has 3 fully saturated rings. The molecule has 3 aliphatic heterocycles. The molecule has 6 unspecified atom stereocenters. The summed E-state index contributed by atoms with van der Waals surface area (Å²) in [6, 6.07) is -1.87. The Kier molecular flexibility index (Phi) is 7.85. The summed E-state index contributed by atoms with van der Waals surface area (Å²) >= 11 is 0. The average Bonchev–Trinajstić information content (AvgIpc) is 2.78. The van der Waals surface area contributed by atoms with Gasteiger partial charge in [0.1, 0.15) is 24.4 Å². The van der Waals surface area contributed by atoms with Gasteiger partial charge in [-0.3, -0.25) is 0 Å². The van der Waals surface area contributed by atoms with E-state index in [4.69, 9.17) is 35.2 Å². The quantitative estimate of drug-likeness (QED) is 0.252. The van der Waals surface area contributed by atoms with Gasteiger partial charge in [0.15, 0.2) is 18.9 Å². The van der Waals surface area contributed by atoms with E-state index in [0.717, 1.165) is 19.3 Å². The van der Waals surface area contributed by atoms with Crippen molar-refractivity contribution in [1.29, 1.82) is 0 Å². The van der Waals surface area contributed by atoms with Crippen LogP contribution in [-0.2, 0) is 23.7 Å². The maximum Gasteiger partial charge on any atom is 0.189 e. The zero-order valence-electron chi connectivity index (χ0n) is 18.5. The molecule has 0 bridgehead atoms. The largest absolute Gasteiger partial charge is 0.388 e. The van der Waals surface area contributed by atoms with E-state index >= 15 is 0 Å². The molecule has 1 aliphatic carbocycles. The van der Waals surface area contributed by atoms with Crippen LogP contribution < -0.4 is 16.8 Å². The lowest BCUT2D eigenvalue weighted by Crippen LogP contribution is -2.69. The van der Waals surface area contributed by atoms with Crippen molar-refractivity contribution in [2.24, 2.45) is 11.5 Å².